The number of hydrogen-bond acceptors (Lipinski definition) is 6. The molecule has 110 valence electrons. The molecule has 3 rings (SSSR count). The Balaban J connectivity index is 1.89. The summed E-state index contributed by atoms with van der Waals surface area (Å²) in [5.74, 6) is -0.344. The van der Waals surface area contributed by atoms with Crippen molar-refractivity contribution in [3.63, 3.8) is 0 Å². The average Bonchev–Trinajstić information content (AvgIpc) is 3.10. The molecular formula is C16H11NO4S. The van der Waals surface area contributed by atoms with Gasteiger partial charge in [-0.05, 0) is 35.7 Å². The van der Waals surface area contributed by atoms with Gasteiger partial charge in [0.1, 0.15) is 5.75 Å². The minimum atomic E-state index is -0.499. The van der Waals surface area contributed by atoms with Crippen LogP contribution in [-0.2, 0) is 14.3 Å². The number of benzene rings is 1. The summed E-state index contributed by atoms with van der Waals surface area (Å²) in [5.41, 5.74) is 0.817. The van der Waals surface area contributed by atoms with E-state index in [9.17, 15) is 9.59 Å². The van der Waals surface area contributed by atoms with Gasteiger partial charge >= 0.3 is 11.9 Å². The molecule has 0 spiro atoms. The van der Waals surface area contributed by atoms with Crippen LogP contribution in [0, 0.1) is 0 Å². The molecule has 6 heteroatoms. The Bertz CT molecular complexity index is 790. The van der Waals surface area contributed by atoms with Crippen LogP contribution in [0.25, 0.3) is 6.08 Å². The van der Waals surface area contributed by atoms with Crippen molar-refractivity contribution in [2.24, 2.45) is 4.99 Å². The molecule has 1 aliphatic rings. The van der Waals surface area contributed by atoms with Crippen LogP contribution in [0.1, 0.15) is 17.4 Å². The van der Waals surface area contributed by atoms with E-state index in [0.29, 0.717) is 11.3 Å². The molecule has 0 fully saturated rings. The predicted octanol–water partition coefficient (Wildman–Crippen LogP) is 3.02. The third-order valence-corrected chi connectivity index (χ3v) is 3.60. The SMILES string of the molecule is CC(=O)Oc1cccc(C2=N/C(=C\c3cccs3)C(=O)O2)c1. The summed E-state index contributed by atoms with van der Waals surface area (Å²) in [6, 6.07) is 10.5. The molecule has 1 aliphatic heterocycles. The monoisotopic (exact) mass is 313 g/mol. The second-order valence-electron chi connectivity index (χ2n) is 4.47. The molecule has 0 unspecified atom stereocenters. The smallest absolute Gasteiger partial charge is 0.363 e. The number of carbonyl (C=O) groups is 2. The third-order valence-electron chi connectivity index (χ3n) is 2.79. The molecule has 0 atom stereocenters. The van der Waals surface area contributed by atoms with Gasteiger partial charge in [0.2, 0.25) is 5.90 Å². The quantitative estimate of drug-likeness (QED) is 0.496. The number of aliphatic imine (C=N–C) groups is 1. The fourth-order valence-corrected chi connectivity index (χ4v) is 2.55. The summed E-state index contributed by atoms with van der Waals surface area (Å²) in [4.78, 5) is 28.0. The maximum absolute atomic E-state index is 11.9. The van der Waals surface area contributed by atoms with Crippen LogP contribution in [0.15, 0.2) is 52.5 Å². The minimum Gasteiger partial charge on any atom is -0.427 e. The first kappa shape index (κ1) is 14.2. The summed E-state index contributed by atoms with van der Waals surface area (Å²) < 4.78 is 10.2. The fourth-order valence-electron chi connectivity index (χ4n) is 1.90. The lowest BCUT2D eigenvalue weighted by Crippen LogP contribution is -2.06. The van der Waals surface area contributed by atoms with Gasteiger partial charge in [0.25, 0.3) is 0 Å². The van der Waals surface area contributed by atoms with Crippen molar-refractivity contribution in [1.82, 2.24) is 0 Å². The fraction of sp³-hybridized carbons (Fsp3) is 0.0625. The van der Waals surface area contributed by atoms with Gasteiger partial charge < -0.3 is 9.47 Å². The summed E-state index contributed by atoms with van der Waals surface area (Å²) in [6.07, 6.45) is 1.68. The van der Waals surface area contributed by atoms with Crippen LogP contribution >= 0.6 is 11.3 Å². The first-order chi connectivity index (χ1) is 10.6. The van der Waals surface area contributed by atoms with Crippen LogP contribution in [0.2, 0.25) is 0 Å². The maximum atomic E-state index is 11.9. The van der Waals surface area contributed by atoms with Crippen LogP contribution < -0.4 is 4.74 Å². The number of thiophene rings is 1. The lowest BCUT2D eigenvalue weighted by molar-refractivity contribution is -0.132. The Kier molecular flexibility index (Phi) is 3.84. The van der Waals surface area contributed by atoms with Crippen molar-refractivity contribution >= 4 is 35.2 Å². The first-order valence-corrected chi connectivity index (χ1v) is 7.35. The molecule has 0 aliphatic carbocycles. The van der Waals surface area contributed by atoms with E-state index in [0.717, 1.165) is 4.88 Å². The van der Waals surface area contributed by atoms with Crippen molar-refractivity contribution in [2.45, 2.75) is 6.92 Å². The predicted molar refractivity (Wildman–Crippen MR) is 82.7 cm³/mol. The Labute approximate surface area is 130 Å². The Morgan fingerprint density at radius 1 is 1.32 bits per heavy atom. The Hall–Kier alpha value is -2.73. The van der Waals surface area contributed by atoms with E-state index in [1.807, 2.05) is 17.5 Å². The topological polar surface area (TPSA) is 65.0 Å². The number of nitrogens with zero attached hydrogens (tertiary/aromatic N) is 1. The van der Waals surface area contributed by atoms with Crippen LogP contribution in [0.5, 0.6) is 5.75 Å². The minimum absolute atomic E-state index is 0.196. The van der Waals surface area contributed by atoms with Gasteiger partial charge in [0, 0.05) is 17.4 Å². The van der Waals surface area contributed by atoms with Gasteiger partial charge in [0.15, 0.2) is 5.70 Å². The molecule has 0 saturated carbocycles. The zero-order valence-electron chi connectivity index (χ0n) is 11.6. The van der Waals surface area contributed by atoms with Gasteiger partial charge in [-0.3, -0.25) is 4.79 Å². The molecule has 0 radical (unpaired) electrons. The normalized spacial score (nSPS) is 15.6. The van der Waals surface area contributed by atoms with Gasteiger partial charge in [-0.1, -0.05) is 12.1 Å². The van der Waals surface area contributed by atoms with Crippen LogP contribution in [0.3, 0.4) is 0 Å². The lowest BCUT2D eigenvalue weighted by Gasteiger charge is -2.03. The summed E-state index contributed by atoms with van der Waals surface area (Å²) >= 11 is 1.51. The second-order valence-corrected chi connectivity index (χ2v) is 5.45. The van der Waals surface area contributed by atoms with Gasteiger partial charge in [-0.25, -0.2) is 9.79 Å². The van der Waals surface area contributed by atoms with Crippen molar-refractivity contribution in [3.8, 4) is 5.75 Å². The highest BCUT2D eigenvalue weighted by atomic mass is 32.1. The van der Waals surface area contributed by atoms with E-state index in [2.05, 4.69) is 4.99 Å². The number of carbonyl (C=O) groups excluding carboxylic acids is 2. The van der Waals surface area contributed by atoms with Crippen molar-refractivity contribution in [2.75, 3.05) is 0 Å². The van der Waals surface area contributed by atoms with Crippen molar-refractivity contribution in [3.05, 3.63) is 57.9 Å². The van der Waals surface area contributed by atoms with E-state index >= 15 is 0 Å². The van der Waals surface area contributed by atoms with E-state index in [1.165, 1.54) is 18.3 Å². The van der Waals surface area contributed by atoms with E-state index < -0.39 is 11.9 Å². The highest BCUT2D eigenvalue weighted by molar-refractivity contribution is 7.10. The molecule has 22 heavy (non-hydrogen) atoms. The largest absolute Gasteiger partial charge is 0.427 e. The first-order valence-electron chi connectivity index (χ1n) is 6.47. The highest BCUT2D eigenvalue weighted by Crippen LogP contribution is 2.23. The number of cyclic esters (lactones) is 1. The van der Waals surface area contributed by atoms with Crippen molar-refractivity contribution in [1.29, 1.82) is 0 Å². The molecular weight excluding hydrogens is 302 g/mol. The number of hydrogen-bond donors (Lipinski definition) is 0. The third kappa shape index (κ3) is 3.12. The summed E-state index contributed by atoms with van der Waals surface area (Å²) in [6.45, 7) is 1.32. The standard InChI is InChI=1S/C16H11NO4S/c1-10(18)20-12-5-2-4-11(8-12)15-17-14(16(19)21-15)9-13-6-3-7-22-13/h2-9H,1H3/b14-9-. The van der Waals surface area contributed by atoms with Crippen LogP contribution in [0.4, 0.5) is 0 Å². The van der Waals surface area contributed by atoms with Crippen LogP contribution in [-0.4, -0.2) is 17.8 Å². The summed E-state index contributed by atoms with van der Waals surface area (Å²) in [7, 11) is 0. The molecule has 2 heterocycles. The van der Waals surface area contributed by atoms with E-state index in [4.69, 9.17) is 9.47 Å². The van der Waals surface area contributed by atoms with E-state index in [-0.39, 0.29) is 11.6 Å². The molecule has 0 amide bonds. The Morgan fingerprint density at radius 2 is 2.18 bits per heavy atom. The number of rotatable bonds is 3. The number of ether oxygens (including phenoxy) is 2. The van der Waals surface area contributed by atoms with E-state index in [1.54, 1.807) is 30.3 Å². The van der Waals surface area contributed by atoms with Gasteiger partial charge in [0.05, 0.1) is 0 Å². The highest BCUT2D eigenvalue weighted by Gasteiger charge is 2.24. The van der Waals surface area contributed by atoms with Crippen molar-refractivity contribution < 1.29 is 19.1 Å². The maximum Gasteiger partial charge on any atom is 0.363 e. The molecule has 0 bridgehead atoms. The molecule has 5 nitrogen and oxygen atoms in total. The number of esters is 2. The lowest BCUT2D eigenvalue weighted by atomic mass is 10.2. The average molecular weight is 313 g/mol. The molecule has 0 saturated heterocycles. The Morgan fingerprint density at radius 3 is 2.91 bits per heavy atom. The molecule has 2 aromatic rings. The summed E-state index contributed by atoms with van der Waals surface area (Å²) in [5, 5.41) is 1.92. The van der Waals surface area contributed by atoms with Gasteiger partial charge in [-0.2, -0.15) is 0 Å². The molecule has 1 aromatic heterocycles. The second kappa shape index (κ2) is 5.95. The molecule has 0 N–H and O–H groups in total. The molecule has 1 aromatic carbocycles. The zero-order chi connectivity index (χ0) is 15.5. The van der Waals surface area contributed by atoms with Gasteiger partial charge in [-0.15, -0.1) is 11.3 Å². The zero-order valence-corrected chi connectivity index (χ0v) is 12.4.